The van der Waals surface area contributed by atoms with Gasteiger partial charge in [0.05, 0.1) is 30.5 Å². The Bertz CT molecular complexity index is 519. The maximum absolute atomic E-state index is 10.8. The van der Waals surface area contributed by atoms with Crippen molar-refractivity contribution in [2.75, 3.05) is 0 Å². The molecule has 0 bridgehead atoms. The lowest BCUT2D eigenvalue weighted by molar-refractivity contribution is -0.0880. The molecule has 3 nitrogen and oxygen atoms in total. The van der Waals surface area contributed by atoms with Crippen molar-refractivity contribution >= 4 is 0 Å². The zero-order valence-electron chi connectivity index (χ0n) is 12.8. The van der Waals surface area contributed by atoms with Gasteiger partial charge in [0.2, 0.25) is 0 Å². The highest BCUT2D eigenvalue weighted by Crippen LogP contribution is 2.47. The molecule has 1 aromatic carbocycles. The molecule has 0 amide bonds. The minimum absolute atomic E-state index is 0.109. The fraction of sp³-hybridized carbons (Fsp3) is 0.647. The van der Waals surface area contributed by atoms with E-state index in [1.165, 1.54) is 11.1 Å². The molecule has 1 fully saturated rings. The molecular formula is C17H24O3. The van der Waals surface area contributed by atoms with E-state index in [0.29, 0.717) is 13.2 Å². The van der Waals surface area contributed by atoms with Crippen molar-refractivity contribution in [3.63, 3.8) is 0 Å². The maximum atomic E-state index is 10.8. The minimum atomic E-state index is -0.488. The molecule has 2 unspecified atom stereocenters. The molecule has 110 valence electrons. The summed E-state index contributed by atoms with van der Waals surface area (Å²) in [5.41, 5.74) is 2.95. The predicted molar refractivity (Wildman–Crippen MR) is 77.2 cm³/mol. The van der Waals surface area contributed by atoms with Crippen LogP contribution in [-0.4, -0.2) is 16.3 Å². The highest BCUT2D eigenvalue weighted by Gasteiger charge is 2.49. The van der Waals surface area contributed by atoms with Gasteiger partial charge >= 0.3 is 0 Å². The van der Waals surface area contributed by atoms with Gasteiger partial charge in [-0.15, -0.1) is 0 Å². The fourth-order valence-corrected chi connectivity index (χ4v) is 3.70. The molecule has 1 N–H and O–H groups in total. The largest absolute Gasteiger partial charge is 0.388 e. The van der Waals surface area contributed by atoms with Crippen molar-refractivity contribution in [1.29, 1.82) is 0 Å². The van der Waals surface area contributed by atoms with Gasteiger partial charge in [-0.2, -0.15) is 0 Å². The van der Waals surface area contributed by atoms with Gasteiger partial charge in [-0.25, -0.2) is 0 Å². The molecule has 0 saturated carbocycles. The molecule has 0 aliphatic carbocycles. The third-order valence-corrected chi connectivity index (χ3v) is 4.61. The lowest BCUT2D eigenvalue weighted by Gasteiger charge is -2.30. The van der Waals surface area contributed by atoms with E-state index in [4.69, 9.17) is 9.47 Å². The summed E-state index contributed by atoms with van der Waals surface area (Å²) in [6.07, 6.45) is 0.382. The summed E-state index contributed by atoms with van der Waals surface area (Å²) in [7, 11) is 0. The molecule has 2 atom stereocenters. The van der Waals surface area contributed by atoms with Gasteiger partial charge in [-0.1, -0.05) is 18.2 Å². The van der Waals surface area contributed by atoms with E-state index in [0.717, 1.165) is 12.0 Å². The quantitative estimate of drug-likeness (QED) is 0.900. The lowest BCUT2D eigenvalue weighted by Crippen LogP contribution is -2.32. The summed E-state index contributed by atoms with van der Waals surface area (Å²) in [6, 6.07) is 6.20. The highest BCUT2D eigenvalue weighted by atomic mass is 16.5. The van der Waals surface area contributed by atoms with E-state index in [2.05, 4.69) is 39.8 Å². The predicted octanol–water partition coefficient (Wildman–Crippen LogP) is 3.34. The first-order valence-electron chi connectivity index (χ1n) is 7.36. The summed E-state index contributed by atoms with van der Waals surface area (Å²) >= 11 is 0. The van der Waals surface area contributed by atoms with E-state index in [1.54, 1.807) is 0 Å². The van der Waals surface area contributed by atoms with Crippen LogP contribution in [0.2, 0.25) is 0 Å². The van der Waals surface area contributed by atoms with Crippen molar-refractivity contribution in [3.05, 3.63) is 34.9 Å². The van der Waals surface area contributed by atoms with Crippen molar-refractivity contribution < 1.29 is 14.6 Å². The Morgan fingerprint density at radius 1 is 1.15 bits per heavy atom. The van der Waals surface area contributed by atoms with Crippen LogP contribution in [0.15, 0.2) is 18.2 Å². The number of aliphatic hydroxyl groups is 1. The Morgan fingerprint density at radius 2 is 1.85 bits per heavy atom. The Kier molecular flexibility index (Phi) is 3.20. The van der Waals surface area contributed by atoms with Crippen LogP contribution in [0.25, 0.3) is 0 Å². The van der Waals surface area contributed by atoms with Crippen molar-refractivity contribution in [2.45, 2.75) is 64.6 Å². The third-order valence-electron chi connectivity index (χ3n) is 4.61. The van der Waals surface area contributed by atoms with Crippen LogP contribution in [0.1, 0.15) is 56.9 Å². The summed E-state index contributed by atoms with van der Waals surface area (Å²) in [5, 5.41) is 10.8. The fourth-order valence-electron chi connectivity index (χ4n) is 3.70. The van der Waals surface area contributed by atoms with Crippen LogP contribution in [-0.2, 0) is 22.7 Å². The van der Waals surface area contributed by atoms with E-state index in [-0.39, 0.29) is 17.1 Å². The topological polar surface area (TPSA) is 38.7 Å². The second-order valence-electron chi connectivity index (χ2n) is 7.24. The van der Waals surface area contributed by atoms with Gasteiger partial charge in [0.15, 0.2) is 0 Å². The average molecular weight is 276 g/mol. The minimum Gasteiger partial charge on any atom is -0.388 e. The monoisotopic (exact) mass is 276 g/mol. The average Bonchev–Trinajstić information content (AvgIpc) is 2.88. The highest BCUT2D eigenvalue weighted by molar-refractivity contribution is 5.34. The molecule has 2 aliphatic rings. The van der Waals surface area contributed by atoms with Gasteiger partial charge in [0.25, 0.3) is 0 Å². The lowest BCUT2D eigenvalue weighted by atomic mass is 9.80. The molecule has 0 spiro atoms. The zero-order valence-corrected chi connectivity index (χ0v) is 12.8. The Balaban J connectivity index is 1.87. The number of hydrogen-bond donors (Lipinski definition) is 1. The summed E-state index contributed by atoms with van der Waals surface area (Å²) < 4.78 is 11.5. The van der Waals surface area contributed by atoms with Gasteiger partial charge < -0.3 is 14.6 Å². The van der Waals surface area contributed by atoms with E-state index in [1.807, 2.05) is 6.07 Å². The number of hydrogen-bond acceptors (Lipinski definition) is 3. The smallest absolute Gasteiger partial charge is 0.0846 e. The van der Waals surface area contributed by atoms with Crippen LogP contribution < -0.4 is 0 Å². The van der Waals surface area contributed by atoms with Crippen molar-refractivity contribution in [2.24, 2.45) is 5.92 Å². The van der Waals surface area contributed by atoms with E-state index >= 15 is 0 Å². The SMILES string of the molecule is CC1(C)CC(C(O)c2ccc3c(c2)COC3)C(C)(C)O1. The molecule has 0 radical (unpaired) electrons. The molecule has 1 saturated heterocycles. The van der Waals surface area contributed by atoms with Crippen LogP contribution in [0, 0.1) is 5.92 Å². The third kappa shape index (κ3) is 2.39. The van der Waals surface area contributed by atoms with Crippen LogP contribution in [0.4, 0.5) is 0 Å². The first-order valence-corrected chi connectivity index (χ1v) is 7.36. The molecule has 0 aromatic heterocycles. The van der Waals surface area contributed by atoms with Gasteiger partial charge in [-0.3, -0.25) is 0 Å². The van der Waals surface area contributed by atoms with Gasteiger partial charge in [-0.05, 0) is 50.8 Å². The molecular weight excluding hydrogens is 252 g/mol. The Morgan fingerprint density at radius 3 is 2.50 bits per heavy atom. The van der Waals surface area contributed by atoms with Gasteiger partial charge in [0, 0.05) is 5.92 Å². The number of aliphatic hydroxyl groups excluding tert-OH is 1. The van der Waals surface area contributed by atoms with Crippen molar-refractivity contribution in [3.8, 4) is 0 Å². The number of rotatable bonds is 2. The second-order valence-corrected chi connectivity index (χ2v) is 7.24. The molecule has 2 aliphatic heterocycles. The second kappa shape index (κ2) is 4.55. The Hall–Kier alpha value is -0.900. The summed E-state index contributed by atoms with van der Waals surface area (Å²) in [6.45, 7) is 9.69. The molecule has 3 heteroatoms. The van der Waals surface area contributed by atoms with Crippen molar-refractivity contribution in [1.82, 2.24) is 0 Å². The van der Waals surface area contributed by atoms with Gasteiger partial charge in [0.1, 0.15) is 0 Å². The van der Waals surface area contributed by atoms with E-state index < -0.39 is 6.10 Å². The number of fused-ring (bicyclic) bond motifs is 1. The molecule has 2 heterocycles. The van der Waals surface area contributed by atoms with Crippen LogP contribution >= 0.6 is 0 Å². The number of ether oxygens (including phenoxy) is 2. The number of benzene rings is 1. The molecule has 3 rings (SSSR count). The zero-order chi connectivity index (χ0) is 14.5. The molecule has 1 aromatic rings. The van der Waals surface area contributed by atoms with Crippen LogP contribution in [0.5, 0.6) is 0 Å². The summed E-state index contributed by atoms with van der Waals surface area (Å²) in [5.74, 6) is 0.109. The first-order chi connectivity index (χ1) is 9.28. The summed E-state index contributed by atoms with van der Waals surface area (Å²) in [4.78, 5) is 0. The van der Waals surface area contributed by atoms with E-state index in [9.17, 15) is 5.11 Å². The normalized spacial score (nSPS) is 28.4. The maximum Gasteiger partial charge on any atom is 0.0846 e. The Labute approximate surface area is 120 Å². The standard InChI is InChI=1S/C17H24O3/c1-16(2)8-14(17(3,4)20-16)15(18)11-5-6-12-9-19-10-13(12)7-11/h5-7,14-15,18H,8-10H2,1-4H3. The van der Waals surface area contributed by atoms with Crippen LogP contribution in [0.3, 0.4) is 0 Å². The molecule has 20 heavy (non-hydrogen) atoms. The first kappa shape index (κ1) is 14.1.